The van der Waals surface area contributed by atoms with Gasteiger partial charge in [-0.15, -0.1) is 5.10 Å². The van der Waals surface area contributed by atoms with Gasteiger partial charge in [-0.05, 0) is 36.8 Å². The third-order valence-electron chi connectivity index (χ3n) is 2.76. The van der Waals surface area contributed by atoms with Crippen molar-refractivity contribution < 1.29 is 0 Å². The van der Waals surface area contributed by atoms with Crippen LogP contribution in [0.5, 0.6) is 0 Å². The number of benzene rings is 1. The van der Waals surface area contributed by atoms with E-state index in [4.69, 9.17) is 11.6 Å². The number of hydrogen-bond acceptors (Lipinski definition) is 3. The summed E-state index contributed by atoms with van der Waals surface area (Å²) in [4.78, 5) is 0. The largest absolute Gasteiger partial charge is 0.220 e. The minimum absolute atomic E-state index is 0.693. The molecule has 0 saturated heterocycles. The van der Waals surface area contributed by atoms with Gasteiger partial charge in [0.05, 0.1) is 11.9 Å². The lowest BCUT2D eigenvalue weighted by atomic mass is 10.1. The summed E-state index contributed by atoms with van der Waals surface area (Å²) in [6.07, 6.45) is 3.69. The third-order valence-corrected chi connectivity index (χ3v) is 2.99. The maximum Gasteiger partial charge on any atom is 0.175 e. The van der Waals surface area contributed by atoms with Gasteiger partial charge in [-0.3, -0.25) is 0 Å². The molecule has 19 heavy (non-hydrogen) atoms. The van der Waals surface area contributed by atoms with Gasteiger partial charge in [0, 0.05) is 16.8 Å². The second-order valence-corrected chi connectivity index (χ2v) is 4.65. The van der Waals surface area contributed by atoms with E-state index in [1.165, 1.54) is 0 Å². The van der Waals surface area contributed by atoms with Crippen LogP contribution in [0.1, 0.15) is 5.69 Å². The number of hydrogen-bond donors (Lipinski definition) is 0. The van der Waals surface area contributed by atoms with E-state index in [1.54, 1.807) is 10.9 Å². The standard InChI is InChI=1S/C14H11ClN4/c1-10-5-6-14(18-17-10)19-9-12(8-16-19)11-3-2-4-13(15)7-11/h2-9H,1H3. The Hall–Kier alpha value is -2.20. The van der Waals surface area contributed by atoms with Crippen LogP contribution in [-0.4, -0.2) is 20.0 Å². The Kier molecular flexibility index (Phi) is 3.01. The van der Waals surface area contributed by atoms with Crippen LogP contribution in [0.25, 0.3) is 16.9 Å². The van der Waals surface area contributed by atoms with Crippen molar-refractivity contribution in [2.75, 3.05) is 0 Å². The number of halogens is 1. The molecule has 0 unspecified atom stereocenters. The summed E-state index contributed by atoms with van der Waals surface area (Å²) in [6.45, 7) is 1.90. The Morgan fingerprint density at radius 1 is 1.05 bits per heavy atom. The average Bonchev–Trinajstić information content (AvgIpc) is 2.89. The van der Waals surface area contributed by atoms with E-state index in [-0.39, 0.29) is 0 Å². The zero-order valence-electron chi connectivity index (χ0n) is 10.3. The maximum atomic E-state index is 5.99. The minimum atomic E-state index is 0.693. The first-order valence-corrected chi connectivity index (χ1v) is 6.21. The molecule has 0 N–H and O–H groups in total. The van der Waals surface area contributed by atoms with Crippen LogP contribution in [0, 0.1) is 6.92 Å². The summed E-state index contributed by atoms with van der Waals surface area (Å²) in [7, 11) is 0. The number of aromatic nitrogens is 4. The van der Waals surface area contributed by atoms with Gasteiger partial charge in [0.1, 0.15) is 0 Å². The lowest BCUT2D eigenvalue weighted by molar-refractivity contribution is 0.806. The second kappa shape index (κ2) is 4.82. The van der Waals surface area contributed by atoms with Crippen LogP contribution in [0.3, 0.4) is 0 Å². The Morgan fingerprint density at radius 3 is 2.68 bits per heavy atom. The molecular formula is C14H11ClN4. The molecule has 0 spiro atoms. The van der Waals surface area contributed by atoms with Gasteiger partial charge in [0.15, 0.2) is 5.82 Å². The summed E-state index contributed by atoms with van der Waals surface area (Å²) in [5.41, 5.74) is 2.90. The van der Waals surface area contributed by atoms with Crippen molar-refractivity contribution in [3.05, 3.63) is 59.5 Å². The van der Waals surface area contributed by atoms with Gasteiger partial charge in [0.2, 0.25) is 0 Å². The van der Waals surface area contributed by atoms with Gasteiger partial charge in [-0.2, -0.15) is 10.2 Å². The highest BCUT2D eigenvalue weighted by atomic mass is 35.5. The molecule has 5 heteroatoms. The monoisotopic (exact) mass is 270 g/mol. The summed E-state index contributed by atoms with van der Waals surface area (Å²) >= 11 is 5.99. The van der Waals surface area contributed by atoms with Crippen molar-refractivity contribution in [2.24, 2.45) is 0 Å². The minimum Gasteiger partial charge on any atom is -0.220 e. The molecule has 3 rings (SSSR count). The first-order chi connectivity index (χ1) is 9.22. The normalized spacial score (nSPS) is 10.6. The van der Waals surface area contributed by atoms with Crippen LogP contribution in [0.4, 0.5) is 0 Å². The van der Waals surface area contributed by atoms with E-state index < -0.39 is 0 Å². The molecule has 0 aliphatic carbocycles. The van der Waals surface area contributed by atoms with Crippen LogP contribution in [0.2, 0.25) is 5.02 Å². The van der Waals surface area contributed by atoms with Crippen molar-refractivity contribution in [1.82, 2.24) is 20.0 Å². The molecule has 0 bridgehead atoms. The molecule has 0 saturated carbocycles. The van der Waals surface area contributed by atoms with E-state index >= 15 is 0 Å². The molecule has 0 atom stereocenters. The highest BCUT2D eigenvalue weighted by Gasteiger charge is 2.05. The summed E-state index contributed by atoms with van der Waals surface area (Å²) in [5.74, 6) is 0.693. The highest BCUT2D eigenvalue weighted by molar-refractivity contribution is 6.30. The van der Waals surface area contributed by atoms with Gasteiger partial charge in [0.25, 0.3) is 0 Å². The number of nitrogens with zero attached hydrogens (tertiary/aromatic N) is 4. The highest BCUT2D eigenvalue weighted by Crippen LogP contribution is 2.22. The lowest BCUT2D eigenvalue weighted by Gasteiger charge is -1.99. The van der Waals surface area contributed by atoms with Gasteiger partial charge in [-0.25, -0.2) is 4.68 Å². The van der Waals surface area contributed by atoms with Crippen LogP contribution < -0.4 is 0 Å². The van der Waals surface area contributed by atoms with Crippen molar-refractivity contribution in [2.45, 2.75) is 6.92 Å². The molecule has 0 radical (unpaired) electrons. The van der Waals surface area contributed by atoms with Gasteiger partial charge >= 0.3 is 0 Å². The molecule has 0 aliphatic heterocycles. The summed E-state index contributed by atoms with van der Waals surface area (Å²) in [5, 5.41) is 13.1. The molecule has 2 heterocycles. The van der Waals surface area contributed by atoms with E-state index in [1.807, 2.05) is 49.5 Å². The van der Waals surface area contributed by atoms with E-state index in [0.717, 1.165) is 16.8 Å². The zero-order chi connectivity index (χ0) is 13.2. The quantitative estimate of drug-likeness (QED) is 0.718. The Morgan fingerprint density at radius 2 is 1.95 bits per heavy atom. The van der Waals surface area contributed by atoms with E-state index in [9.17, 15) is 0 Å². The van der Waals surface area contributed by atoms with Crippen LogP contribution in [-0.2, 0) is 0 Å². The lowest BCUT2D eigenvalue weighted by Crippen LogP contribution is -1.99. The maximum absolute atomic E-state index is 5.99. The predicted octanol–water partition coefficient (Wildman–Crippen LogP) is 3.29. The first-order valence-electron chi connectivity index (χ1n) is 5.84. The molecule has 0 amide bonds. The average molecular weight is 271 g/mol. The molecular weight excluding hydrogens is 260 g/mol. The Balaban J connectivity index is 1.97. The molecule has 4 nitrogen and oxygen atoms in total. The summed E-state index contributed by atoms with van der Waals surface area (Å²) < 4.78 is 1.70. The van der Waals surface area contributed by atoms with Crippen molar-refractivity contribution in [3.8, 4) is 16.9 Å². The Bertz CT molecular complexity index is 703. The third kappa shape index (κ3) is 2.48. The molecule has 94 valence electrons. The smallest absolute Gasteiger partial charge is 0.175 e. The van der Waals surface area contributed by atoms with Gasteiger partial charge in [-0.1, -0.05) is 23.7 Å². The fourth-order valence-corrected chi connectivity index (χ4v) is 1.97. The van der Waals surface area contributed by atoms with Crippen molar-refractivity contribution >= 4 is 11.6 Å². The second-order valence-electron chi connectivity index (χ2n) is 4.22. The fourth-order valence-electron chi connectivity index (χ4n) is 1.78. The van der Waals surface area contributed by atoms with Crippen molar-refractivity contribution in [1.29, 1.82) is 0 Å². The molecule has 3 aromatic rings. The molecule has 1 aromatic carbocycles. The Labute approximate surface area is 115 Å². The first kappa shape index (κ1) is 11.9. The molecule has 2 aromatic heterocycles. The van der Waals surface area contributed by atoms with Gasteiger partial charge < -0.3 is 0 Å². The van der Waals surface area contributed by atoms with E-state index in [2.05, 4.69) is 15.3 Å². The fraction of sp³-hybridized carbons (Fsp3) is 0.0714. The predicted molar refractivity (Wildman–Crippen MR) is 74.3 cm³/mol. The number of aryl methyl sites for hydroxylation is 1. The van der Waals surface area contributed by atoms with Crippen molar-refractivity contribution in [3.63, 3.8) is 0 Å². The summed E-state index contributed by atoms with van der Waals surface area (Å²) in [6, 6.07) is 11.5. The topological polar surface area (TPSA) is 43.6 Å². The molecule has 0 aliphatic rings. The van der Waals surface area contributed by atoms with Crippen LogP contribution >= 0.6 is 11.6 Å². The number of rotatable bonds is 2. The van der Waals surface area contributed by atoms with Crippen LogP contribution in [0.15, 0.2) is 48.8 Å². The SMILES string of the molecule is Cc1ccc(-n2cc(-c3cccc(Cl)c3)cn2)nn1. The zero-order valence-corrected chi connectivity index (χ0v) is 11.0. The van der Waals surface area contributed by atoms with E-state index in [0.29, 0.717) is 10.8 Å². The molecule has 0 fully saturated rings.